The van der Waals surface area contributed by atoms with E-state index >= 15 is 0 Å². The van der Waals surface area contributed by atoms with E-state index in [4.69, 9.17) is 11.6 Å². The van der Waals surface area contributed by atoms with Gasteiger partial charge in [-0.1, -0.05) is 25.4 Å². The van der Waals surface area contributed by atoms with Crippen molar-refractivity contribution in [1.82, 2.24) is 0 Å². The lowest BCUT2D eigenvalue weighted by molar-refractivity contribution is 0.610. The first-order chi connectivity index (χ1) is 6.42. The molecule has 0 fully saturated rings. The minimum atomic E-state index is -3.22. The Morgan fingerprint density at radius 3 is 2.14 bits per heavy atom. The maximum absolute atomic E-state index is 11.7. The SMILES string of the molecule is CC(C)SS(=O)(=O)c1ccc(Cl)cc1. The van der Waals surface area contributed by atoms with Gasteiger partial charge in [-0.25, -0.2) is 8.42 Å². The average molecular weight is 251 g/mol. The van der Waals surface area contributed by atoms with Gasteiger partial charge < -0.3 is 0 Å². The average Bonchev–Trinajstić information content (AvgIpc) is 2.02. The van der Waals surface area contributed by atoms with E-state index in [0.717, 1.165) is 10.8 Å². The van der Waals surface area contributed by atoms with Gasteiger partial charge in [0.1, 0.15) is 0 Å². The van der Waals surface area contributed by atoms with Crippen molar-refractivity contribution in [2.75, 3.05) is 0 Å². The Morgan fingerprint density at radius 2 is 1.71 bits per heavy atom. The zero-order valence-electron chi connectivity index (χ0n) is 7.90. The molecule has 0 atom stereocenters. The standard InChI is InChI=1S/C9H11ClO2S2/c1-7(2)13-14(11,12)9-5-3-8(10)4-6-9/h3-7H,1-2H3. The van der Waals surface area contributed by atoms with Gasteiger partial charge in [-0.3, -0.25) is 0 Å². The normalized spacial score (nSPS) is 12.0. The first kappa shape index (κ1) is 11.9. The van der Waals surface area contributed by atoms with Crippen LogP contribution in [0.2, 0.25) is 5.02 Å². The number of hydrogen-bond donors (Lipinski definition) is 0. The van der Waals surface area contributed by atoms with Gasteiger partial charge in [-0.05, 0) is 35.1 Å². The summed E-state index contributed by atoms with van der Waals surface area (Å²) in [5.74, 6) is 0. The van der Waals surface area contributed by atoms with Crippen molar-refractivity contribution in [3.05, 3.63) is 29.3 Å². The van der Waals surface area contributed by atoms with Gasteiger partial charge in [0.2, 0.25) is 8.87 Å². The molecule has 0 radical (unpaired) electrons. The molecular weight excluding hydrogens is 240 g/mol. The molecule has 0 unspecified atom stereocenters. The molecule has 0 saturated heterocycles. The third-order valence-electron chi connectivity index (χ3n) is 1.42. The van der Waals surface area contributed by atoms with E-state index in [2.05, 4.69) is 0 Å². The van der Waals surface area contributed by atoms with Crippen LogP contribution in [0.15, 0.2) is 29.2 Å². The Bertz CT molecular complexity index is 395. The molecule has 0 bridgehead atoms. The summed E-state index contributed by atoms with van der Waals surface area (Å²) in [5.41, 5.74) is 0. The summed E-state index contributed by atoms with van der Waals surface area (Å²) >= 11 is 5.67. The van der Waals surface area contributed by atoms with E-state index in [1.807, 2.05) is 13.8 Å². The van der Waals surface area contributed by atoms with Crippen LogP contribution in [0.4, 0.5) is 0 Å². The Labute approximate surface area is 93.0 Å². The molecule has 2 nitrogen and oxygen atoms in total. The van der Waals surface area contributed by atoms with Gasteiger partial charge >= 0.3 is 0 Å². The molecule has 0 amide bonds. The summed E-state index contributed by atoms with van der Waals surface area (Å²) < 4.78 is 23.3. The second kappa shape index (κ2) is 4.55. The highest BCUT2D eigenvalue weighted by molar-refractivity contribution is 8.72. The lowest BCUT2D eigenvalue weighted by Gasteiger charge is -2.05. The molecule has 1 aromatic rings. The van der Waals surface area contributed by atoms with Crippen molar-refractivity contribution in [1.29, 1.82) is 0 Å². The zero-order valence-corrected chi connectivity index (χ0v) is 10.3. The topological polar surface area (TPSA) is 34.1 Å². The number of rotatable bonds is 3. The van der Waals surface area contributed by atoms with Gasteiger partial charge in [-0.15, -0.1) is 0 Å². The molecule has 14 heavy (non-hydrogen) atoms. The predicted octanol–water partition coefficient (Wildman–Crippen LogP) is 3.17. The van der Waals surface area contributed by atoms with E-state index in [0.29, 0.717) is 9.92 Å². The van der Waals surface area contributed by atoms with Crippen LogP contribution in [0.25, 0.3) is 0 Å². The van der Waals surface area contributed by atoms with Gasteiger partial charge in [-0.2, -0.15) is 0 Å². The third-order valence-corrected chi connectivity index (χ3v) is 5.65. The molecule has 0 aliphatic carbocycles. The van der Waals surface area contributed by atoms with Crippen molar-refractivity contribution < 1.29 is 8.42 Å². The summed E-state index contributed by atoms with van der Waals surface area (Å²) in [6, 6.07) is 6.20. The second-order valence-corrected chi connectivity index (χ2v) is 7.90. The quantitative estimate of drug-likeness (QED) is 0.773. The van der Waals surface area contributed by atoms with Crippen LogP contribution in [-0.2, 0) is 8.87 Å². The Morgan fingerprint density at radius 1 is 1.21 bits per heavy atom. The summed E-state index contributed by atoms with van der Waals surface area (Å²) in [7, 11) is -2.27. The molecule has 5 heteroatoms. The summed E-state index contributed by atoms with van der Waals surface area (Å²) in [6.45, 7) is 3.69. The van der Waals surface area contributed by atoms with Crippen LogP contribution in [0.3, 0.4) is 0 Å². The second-order valence-electron chi connectivity index (χ2n) is 3.05. The van der Waals surface area contributed by atoms with Crippen molar-refractivity contribution in [2.45, 2.75) is 24.0 Å². The predicted molar refractivity (Wildman–Crippen MR) is 61.4 cm³/mol. The van der Waals surface area contributed by atoms with Crippen molar-refractivity contribution in [2.24, 2.45) is 0 Å². The minimum absolute atomic E-state index is 0.0516. The fourth-order valence-electron chi connectivity index (χ4n) is 0.910. The van der Waals surface area contributed by atoms with E-state index in [-0.39, 0.29) is 5.25 Å². The van der Waals surface area contributed by atoms with Gasteiger partial charge in [0.05, 0.1) is 4.90 Å². The molecule has 1 rings (SSSR count). The van der Waals surface area contributed by atoms with Crippen LogP contribution < -0.4 is 0 Å². The summed E-state index contributed by atoms with van der Waals surface area (Å²) in [4.78, 5) is 0.306. The molecular formula is C9H11ClO2S2. The first-order valence-electron chi connectivity index (χ1n) is 4.10. The first-order valence-corrected chi connectivity index (χ1v) is 7.36. The molecule has 0 aromatic heterocycles. The summed E-state index contributed by atoms with van der Waals surface area (Å²) in [6.07, 6.45) is 0. The fourth-order valence-corrected chi connectivity index (χ4v) is 4.31. The van der Waals surface area contributed by atoms with E-state index in [1.165, 1.54) is 12.1 Å². The van der Waals surface area contributed by atoms with Crippen molar-refractivity contribution in [3.8, 4) is 0 Å². The molecule has 0 saturated carbocycles. The van der Waals surface area contributed by atoms with Crippen molar-refractivity contribution >= 4 is 31.3 Å². The van der Waals surface area contributed by atoms with Crippen LogP contribution >= 0.6 is 22.4 Å². The van der Waals surface area contributed by atoms with E-state index in [9.17, 15) is 8.42 Å². The van der Waals surface area contributed by atoms with Crippen molar-refractivity contribution in [3.63, 3.8) is 0 Å². The van der Waals surface area contributed by atoms with Gasteiger partial charge in [0.25, 0.3) is 0 Å². The van der Waals surface area contributed by atoms with Crippen LogP contribution in [0, 0.1) is 0 Å². The largest absolute Gasteiger partial charge is 0.230 e. The van der Waals surface area contributed by atoms with E-state index in [1.54, 1.807) is 12.1 Å². The molecule has 1 aromatic carbocycles. The molecule has 0 aliphatic rings. The Balaban J connectivity index is 2.99. The minimum Gasteiger partial charge on any atom is -0.212 e. The highest BCUT2D eigenvalue weighted by Gasteiger charge is 2.16. The third kappa shape index (κ3) is 3.19. The maximum atomic E-state index is 11.7. The molecule has 0 aliphatic heterocycles. The molecule has 0 N–H and O–H groups in total. The Hall–Kier alpha value is -0.190. The Kier molecular flexibility index (Phi) is 3.86. The smallest absolute Gasteiger partial charge is 0.212 e. The van der Waals surface area contributed by atoms with Gasteiger partial charge in [0, 0.05) is 10.3 Å². The molecule has 0 heterocycles. The summed E-state index contributed by atoms with van der Waals surface area (Å²) in [5, 5.41) is 0.592. The lowest BCUT2D eigenvalue weighted by atomic mass is 10.4. The number of halogens is 1. The number of hydrogen-bond acceptors (Lipinski definition) is 3. The monoisotopic (exact) mass is 250 g/mol. The highest BCUT2D eigenvalue weighted by atomic mass is 35.5. The zero-order chi connectivity index (χ0) is 10.8. The van der Waals surface area contributed by atoms with Crippen LogP contribution in [0.1, 0.15) is 13.8 Å². The number of benzene rings is 1. The fraction of sp³-hybridized carbons (Fsp3) is 0.333. The molecule has 0 spiro atoms. The lowest BCUT2D eigenvalue weighted by Crippen LogP contribution is -1.99. The maximum Gasteiger partial charge on any atom is 0.230 e. The highest BCUT2D eigenvalue weighted by Crippen LogP contribution is 2.27. The molecule has 78 valence electrons. The van der Waals surface area contributed by atoms with Crippen LogP contribution in [-0.4, -0.2) is 13.7 Å². The van der Waals surface area contributed by atoms with Crippen LogP contribution in [0.5, 0.6) is 0 Å². The van der Waals surface area contributed by atoms with E-state index < -0.39 is 8.87 Å². The van der Waals surface area contributed by atoms with Gasteiger partial charge in [0.15, 0.2) is 0 Å².